The van der Waals surface area contributed by atoms with Crippen LogP contribution in [0.15, 0.2) is 167 Å². The van der Waals surface area contributed by atoms with Crippen LogP contribution in [0.4, 0.5) is 34.1 Å². The molecule has 5 heterocycles. The van der Waals surface area contributed by atoms with Gasteiger partial charge in [-0.05, 0) is 127 Å². The minimum atomic E-state index is -0.186. The number of anilines is 6. The molecule has 0 aliphatic carbocycles. The number of para-hydroxylation sites is 3. The highest BCUT2D eigenvalue weighted by Crippen LogP contribution is 2.49. The summed E-state index contributed by atoms with van der Waals surface area (Å²) in [5.41, 5.74) is 21.2. The lowest BCUT2D eigenvalue weighted by Gasteiger charge is -2.41. The van der Waals surface area contributed by atoms with Crippen LogP contribution < -0.4 is 26.2 Å². The molecule has 0 spiro atoms. The largest absolute Gasteiger partial charge is 0.454 e. The van der Waals surface area contributed by atoms with Gasteiger partial charge < -0.3 is 18.6 Å². The fourth-order valence-corrected chi connectivity index (χ4v) is 11.8. The van der Waals surface area contributed by atoms with Crippen LogP contribution in [-0.2, 0) is 21.7 Å². The summed E-state index contributed by atoms with van der Waals surface area (Å²) < 4.78 is 16.6. The van der Waals surface area contributed by atoms with Crippen LogP contribution >= 0.6 is 0 Å². The van der Waals surface area contributed by atoms with Gasteiger partial charge in [0.2, 0.25) is 5.71 Å². The Balaban J connectivity index is 1.14. The van der Waals surface area contributed by atoms with Crippen LogP contribution in [0.2, 0.25) is 0 Å². The average Bonchev–Trinajstić information content (AvgIpc) is 4.01. The first-order valence-electron chi connectivity index (χ1n) is 25.8. The molecule has 0 bridgehead atoms. The zero-order chi connectivity index (χ0) is 50.0. The summed E-state index contributed by atoms with van der Waals surface area (Å²) in [6.45, 7) is 27.4. The maximum atomic E-state index is 7.20. The van der Waals surface area contributed by atoms with Gasteiger partial charge in [-0.3, -0.25) is 4.57 Å². The van der Waals surface area contributed by atoms with Crippen molar-refractivity contribution in [3.05, 3.63) is 180 Å². The fourth-order valence-electron chi connectivity index (χ4n) is 11.8. The molecule has 0 N–H and O–H groups in total. The number of hydrogen-bond acceptors (Lipinski definition) is 4. The molecule has 0 saturated carbocycles. The molecule has 13 rings (SSSR count). The second-order valence-corrected chi connectivity index (χ2v) is 24.7. The molecule has 2 aliphatic rings. The molecule has 0 amide bonds. The van der Waals surface area contributed by atoms with E-state index in [2.05, 4.69) is 255 Å². The number of rotatable bonds is 4. The summed E-state index contributed by atoms with van der Waals surface area (Å²) in [6, 6.07) is 59.4. The van der Waals surface area contributed by atoms with Crippen LogP contribution in [0.3, 0.4) is 0 Å². The van der Waals surface area contributed by atoms with Crippen LogP contribution in [-0.4, -0.2) is 11.3 Å². The van der Waals surface area contributed by atoms with Crippen LogP contribution in [0.1, 0.15) is 105 Å². The third-order valence-corrected chi connectivity index (χ3v) is 15.8. The van der Waals surface area contributed by atoms with Gasteiger partial charge in [-0.2, -0.15) is 0 Å². The molecular weight excluding hydrogens is 878 g/mol. The van der Waals surface area contributed by atoms with E-state index in [1.165, 1.54) is 49.5 Å². The van der Waals surface area contributed by atoms with Gasteiger partial charge in [-0.1, -0.05) is 174 Å². The summed E-state index contributed by atoms with van der Waals surface area (Å²) in [4.78, 5) is 4.97. The Morgan fingerprint density at radius 1 is 0.403 bits per heavy atom. The molecule has 11 aromatic rings. The molecule has 0 radical (unpaired) electrons. The molecule has 0 unspecified atom stereocenters. The lowest BCUT2D eigenvalue weighted by Crippen LogP contribution is -2.60. The van der Waals surface area contributed by atoms with Gasteiger partial charge in [-0.15, -0.1) is 0 Å². The first-order chi connectivity index (χ1) is 34.2. The van der Waals surface area contributed by atoms with Crippen molar-refractivity contribution in [1.29, 1.82) is 0 Å². The first-order valence-corrected chi connectivity index (χ1v) is 25.8. The number of nitrogens with zero attached hydrogens (tertiary/aromatic N) is 3. The summed E-state index contributed by atoms with van der Waals surface area (Å²) in [7, 11) is 0. The Morgan fingerprint density at radius 3 is 1.65 bits per heavy atom. The third-order valence-electron chi connectivity index (χ3n) is 15.8. The van der Waals surface area contributed by atoms with Crippen molar-refractivity contribution in [2.45, 2.75) is 105 Å². The SMILES string of the molecule is CC(C)(C)c1ccc(N(c2ccc(C(C)(C)C)cc2)c2ccc3c(c2)N(c2cccc4c2oc2cc(C(C)(C)C)ccc24)c2cc(C(C)(C)C)cc4c2B3c2cccc3c5c6ccccc6oc5n-4c23)cc1. The number of aromatic nitrogens is 1. The van der Waals surface area contributed by atoms with Crippen molar-refractivity contribution in [2.75, 3.05) is 9.80 Å². The second-order valence-electron chi connectivity index (χ2n) is 24.7. The van der Waals surface area contributed by atoms with Crippen molar-refractivity contribution in [3.8, 4) is 5.69 Å². The van der Waals surface area contributed by atoms with Crippen molar-refractivity contribution in [3.63, 3.8) is 0 Å². The van der Waals surface area contributed by atoms with E-state index >= 15 is 0 Å². The Hall–Kier alpha value is -7.44. The second kappa shape index (κ2) is 15.1. The number of fused-ring (bicyclic) bond motifs is 12. The molecule has 356 valence electrons. The molecule has 0 fully saturated rings. The van der Waals surface area contributed by atoms with Gasteiger partial charge in [0.25, 0.3) is 6.71 Å². The minimum Gasteiger partial charge on any atom is -0.454 e. The highest BCUT2D eigenvalue weighted by molar-refractivity contribution is 7.00. The molecule has 72 heavy (non-hydrogen) atoms. The Kier molecular flexibility index (Phi) is 9.30. The Bertz CT molecular complexity index is 3970. The normalized spacial score (nSPS) is 13.8. The van der Waals surface area contributed by atoms with Crippen LogP contribution in [0.25, 0.3) is 60.6 Å². The number of furan rings is 2. The number of benzene rings is 8. The lowest BCUT2D eigenvalue weighted by molar-refractivity contribution is 0.587. The van der Waals surface area contributed by atoms with Gasteiger partial charge in [-0.25, -0.2) is 0 Å². The molecular formula is C66H62BN3O2. The standard InChI is InChI=1S/C66H62BN3O2/c1-63(2,3)39-23-28-43(29-24-39)68(44-30-25-40(26-31-44)64(4,5)6)45-32-34-50-53(38-45)69(52-21-16-18-47-46-33-27-41(65(7,8)9)37-57(46)71-61(47)52)54-35-42(66(10,11)12)36-55-59(54)67(50)51-20-15-19-49-58-48-17-13-14-22-56(48)72-62(58)70(55)60(49)51/h13-38H,1-12H3. The topological polar surface area (TPSA) is 37.7 Å². The zero-order valence-corrected chi connectivity index (χ0v) is 43.7. The monoisotopic (exact) mass is 939 g/mol. The van der Waals surface area contributed by atoms with Crippen molar-refractivity contribution in [1.82, 2.24) is 4.57 Å². The highest BCUT2D eigenvalue weighted by atomic mass is 16.3. The molecule has 5 nitrogen and oxygen atoms in total. The van der Waals surface area contributed by atoms with Crippen LogP contribution in [0.5, 0.6) is 0 Å². The summed E-state index contributed by atoms with van der Waals surface area (Å²) >= 11 is 0. The Labute approximate surface area is 423 Å². The number of hydrogen-bond donors (Lipinski definition) is 0. The van der Waals surface area contributed by atoms with Crippen LogP contribution in [0, 0.1) is 0 Å². The van der Waals surface area contributed by atoms with E-state index in [1.54, 1.807) is 0 Å². The van der Waals surface area contributed by atoms with E-state index in [-0.39, 0.29) is 28.4 Å². The van der Waals surface area contributed by atoms with E-state index in [0.717, 1.165) is 83.8 Å². The highest BCUT2D eigenvalue weighted by Gasteiger charge is 2.44. The van der Waals surface area contributed by atoms with Crippen molar-refractivity contribution in [2.24, 2.45) is 0 Å². The van der Waals surface area contributed by atoms with E-state index in [4.69, 9.17) is 8.83 Å². The summed E-state index contributed by atoms with van der Waals surface area (Å²) in [5.74, 6) is 0. The molecule has 2 aliphatic heterocycles. The van der Waals surface area contributed by atoms with Gasteiger partial charge in [0.1, 0.15) is 11.2 Å². The van der Waals surface area contributed by atoms with Crippen molar-refractivity contribution >= 4 is 112 Å². The average molecular weight is 940 g/mol. The van der Waals surface area contributed by atoms with Gasteiger partial charge in [0.05, 0.1) is 16.6 Å². The van der Waals surface area contributed by atoms with E-state index < -0.39 is 0 Å². The van der Waals surface area contributed by atoms with E-state index in [0.29, 0.717) is 0 Å². The van der Waals surface area contributed by atoms with Gasteiger partial charge in [0, 0.05) is 55.7 Å². The minimum absolute atomic E-state index is 0.0204. The quantitative estimate of drug-likeness (QED) is 0.165. The smallest absolute Gasteiger partial charge is 0.252 e. The Morgan fingerprint density at radius 2 is 0.986 bits per heavy atom. The molecule has 3 aromatic heterocycles. The maximum absolute atomic E-state index is 7.20. The van der Waals surface area contributed by atoms with E-state index in [9.17, 15) is 0 Å². The summed E-state index contributed by atoms with van der Waals surface area (Å²) in [5, 5.41) is 5.74. The van der Waals surface area contributed by atoms with Gasteiger partial charge in [0.15, 0.2) is 5.58 Å². The summed E-state index contributed by atoms with van der Waals surface area (Å²) in [6.07, 6.45) is 0. The molecule has 8 aromatic carbocycles. The van der Waals surface area contributed by atoms with Crippen molar-refractivity contribution < 1.29 is 8.83 Å². The molecule has 0 saturated heterocycles. The lowest BCUT2D eigenvalue weighted by atomic mass is 9.33. The molecule has 0 atom stereocenters. The maximum Gasteiger partial charge on any atom is 0.252 e. The predicted octanol–water partition coefficient (Wildman–Crippen LogP) is 16.7. The first kappa shape index (κ1) is 44.5. The fraction of sp³-hybridized carbons (Fsp3) is 0.242. The van der Waals surface area contributed by atoms with Gasteiger partial charge >= 0.3 is 0 Å². The molecule has 6 heteroatoms. The third kappa shape index (κ3) is 6.60. The predicted molar refractivity (Wildman–Crippen MR) is 307 cm³/mol. The van der Waals surface area contributed by atoms with E-state index in [1.807, 2.05) is 0 Å². The zero-order valence-electron chi connectivity index (χ0n) is 43.7.